The number of rotatable bonds is 2. The van der Waals surface area contributed by atoms with Crippen molar-refractivity contribution in [3.63, 3.8) is 0 Å². The lowest BCUT2D eigenvalue weighted by atomic mass is 9.85. The lowest BCUT2D eigenvalue weighted by Crippen LogP contribution is -2.40. The number of fused-ring (bicyclic) bond motifs is 1. The van der Waals surface area contributed by atoms with Crippen LogP contribution in [-0.2, 0) is 4.79 Å². The molecule has 0 saturated carbocycles. The summed E-state index contributed by atoms with van der Waals surface area (Å²) in [6, 6.07) is 5.86. The summed E-state index contributed by atoms with van der Waals surface area (Å²) < 4.78 is 11.3. The quantitative estimate of drug-likeness (QED) is 0.855. The van der Waals surface area contributed by atoms with Gasteiger partial charge in [-0.25, -0.2) is 0 Å². The molecule has 1 saturated heterocycles. The van der Waals surface area contributed by atoms with Crippen LogP contribution in [0, 0.1) is 5.92 Å². The molecular formula is C15H20N2O3. The van der Waals surface area contributed by atoms with Crippen molar-refractivity contribution in [2.24, 2.45) is 11.7 Å². The molecule has 0 bridgehead atoms. The lowest BCUT2D eigenvalue weighted by Gasteiger charge is -2.31. The first-order valence-electron chi connectivity index (χ1n) is 7.18. The SMILES string of the molecule is NC(=O)C1CCCNC1c1ccc2c(c1)OCCCO2. The zero-order valence-corrected chi connectivity index (χ0v) is 11.4. The zero-order chi connectivity index (χ0) is 13.9. The molecule has 1 aromatic carbocycles. The average molecular weight is 276 g/mol. The normalized spacial score (nSPS) is 25.8. The summed E-state index contributed by atoms with van der Waals surface area (Å²) in [7, 11) is 0. The summed E-state index contributed by atoms with van der Waals surface area (Å²) in [5.74, 6) is 1.14. The number of benzene rings is 1. The minimum atomic E-state index is -0.241. The number of hydrogen-bond donors (Lipinski definition) is 2. The van der Waals surface area contributed by atoms with Gasteiger partial charge in [0, 0.05) is 12.5 Å². The molecule has 0 spiro atoms. The van der Waals surface area contributed by atoms with Crippen LogP contribution in [0.3, 0.4) is 0 Å². The van der Waals surface area contributed by atoms with Crippen molar-refractivity contribution in [2.45, 2.75) is 25.3 Å². The predicted octanol–water partition coefficient (Wildman–Crippen LogP) is 1.37. The maximum absolute atomic E-state index is 11.6. The lowest BCUT2D eigenvalue weighted by molar-refractivity contribution is -0.123. The minimum absolute atomic E-state index is 0.0293. The third-order valence-electron chi connectivity index (χ3n) is 3.95. The minimum Gasteiger partial charge on any atom is -0.490 e. The molecule has 1 fully saturated rings. The van der Waals surface area contributed by atoms with Gasteiger partial charge in [-0.3, -0.25) is 4.79 Å². The Kier molecular flexibility index (Phi) is 3.78. The van der Waals surface area contributed by atoms with Crippen LogP contribution in [0.2, 0.25) is 0 Å². The van der Waals surface area contributed by atoms with Gasteiger partial charge in [0.2, 0.25) is 5.91 Å². The summed E-state index contributed by atoms with van der Waals surface area (Å²) in [5.41, 5.74) is 6.56. The van der Waals surface area contributed by atoms with Crippen molar-refractivity contribution in [3.05, 3.63) is 23.8 Å². The zero-order valence-electron chi connectivity index (χ0n) is 11.4. The van der Waals surface area contributed by atoms with Crippen LogP contribution in [0.15, 0.2) is 18.2 Å². The highest BCUT2D eigenvalue weighted by molar-refractivity contribution is 5.78. The average Bonchev–Trinajstić information content (AvgIpc) is 2.71. The van der Waals surface area contributed by atoms with E-state index in [2.05, 4.69) is 5.32 Å². The number of carbonyl (C=O) groups excluding carboxylic acids is 1. The van der Waals surface area contributed by atoms with Gasteiger partial charge < -0.3 is 20.5 Å². The fraction of sp³-hybridized carbons (Fsp3) is 0.533. The molecule has 5 nitrogen and oxygen atoms in total. The van der Waals surface area contributed by atoms with E-state index in [0.717, 1.165) is 42.9 Å². The van der Waals surface area contributed by atoms with E-state index in [1.54, 1.807) is 0 Å². The first kappa shape index (κ1) is 13.2. The highest BCUT2D eigenvalue weighted by Crippen LogP contribution is 2.36. The van der Waals surface area contributed by atoms with Crippen LogP contribution in [0.4, 0.5) is 0 Å². The van der Waals surface area contributed by atoms with E-state index in [1.165, 1.54) is 0 Å². The van der Waals surface area contributed by atoms with Crippen LogP contribution in [0.1, 0.15) is 30.9 Å². The maximum Gasteiger partial charge on any atom is 0.222 e. The molecule has 3 N–H and O–H groups in total. The summed E-state index contributed by atoms with van der Waals surface area (Å²) in [6.07, 6.45) is 2.70. The van der Waals surface area contributed by atoms with Gasteiger partial charge in [0.1, 0.15) is 0 Å². The number of amides is 1. The summed E-state index contributed by atoms with van der Waals surface area (Å²) in [6.45, 7) is 2.24. The molecule has 2 aliphatic rings. The molecule has 0 radical (unpaired) electrons. The number of carbonyl (C=O) groups is 1. The van der Waals surface area contributed by atoms with E-state index in [0.29, 0.717) is 13.2 Å². The van der Waals surface area contributed by atoms with Crippen LogP contribution >= 0.6 is 0 Å². The highest BCUT2D eigenvalue weighted by atomic mass is 16.5. The number of nitrogens with one attached hydrogen (secondary N) is 1. The maximum atomic E-state index is 11.6. The number of piperidine rings is 1. The van der Waals surface area contributed by atoms with Crippen molar-refractivity contribution < 1.29 is 14.3 Å². The van der Waals surface area contributed by atoms with Crippen LogP contribution in [0.5, 0.6) is 11.5 Å². The van der Waals surface area contributed by atoms with Crippen LogP contribution in [0.25, 0.3) is 0 Å². The van der Waals surface area contributed by atoms with Gasteiger partial charge in [0.15, 0.2) is 11.5 Å². The highest BCUT2D eigenvalue weighted by Gasteiger charge is 2.31. The van der Waals surface area contributed by atoms with E-state index in [1.807, 2.05) is 18.2 Å². The third-order valence-corrected chi connectivity index (χ3v) is 3.95. The molecule has 2 atom stereocenters. The van der Waals surface area contributed by atoms with Gasteiger partial charge >= 0.3 is 0 Å². The van der Waals surface area contributed by atoms with Gasteiger partial charge in [-0.2, -0.15) is 0 Å². The Morgan fingerprint density at radius 1 is 1.20 bits per heavy atom. The van der Waals surface area contributed by atoms with Gasteiger partial charge in [0.05, 0.1) is 19.1 Å². The van der Waals surface area contributed by atoms with Crippen LogP contribution < -0.4 is 20.5 Å². The summed E-state index contributed by atoms with van der Waals surface area (Å²) >= 11 is 0. The molecule has 1 aromatic rings. The molecule has 3 rings (SSSR count). The molecule has 20 heavy (non-hydrogen) atoms. The predicted molar refractivity (Wildman–Crippen MR) is 74.7 cm³/mol. The third kappa shape index (κ3) is 2.58. The monoisotopic (exact) mass is 276 g/mol. The first-order valence-corrected chi connectivity index (χ1v) is 7.18. The molecule has 0 aromatic heterocycles. The Balaban J connectivity index is 1.89. The van der Waals surface area contributed by atoms with Crippen molar-refractivity contribution >= 4 is 5.91 Å². The first-order chi connectivity index (χ1) is 9.75. The Morgan fingerprint density at radius 2 is 2.00 bits per heavy atom. The number of primary amides is 1. The van der Waals surface area contributed by atoms with Crippen molar-refractivity contribution in [3.8, 4) is 11.5 Å². The molecule has 2 unspecified atom stereocenters. The Bertz CT molecular complexity index is 504. The molecule has 0 aliphatic carbocycles. The van der Waals surface area contributed by atoms with E-state index in [9.17, 15) is 4.79 Å². The topological polar surface area (TPSA) is 73.6 Å². The largest absolute Gasteiger partial charge is 0.490 e. The number of ether oxygens (including phenoxy) is 2. The molecule has 5 heteroatoms. The van der Waals surface area contributed by atoms with Crippen molar-refractivity contribution in [2.75, 3.05) is 19.8 Å². The standard InChI is InChI=1S/C15H20N2O3/c16-15(18)11-3-1-6-17-14(11)10-4-5-12-13(9-10)20-8-2-7-19-12/h4-5,9,11,14,17H,1-3,6-8H2,(H2,16,18). The fourth-order valence-electron chi connectivity index (χ4n) is 2.92. The molecule has 1 amide bonds. The Hall–Kier alpha value is -1.75. The van der Waals surface area contributed by atoms with Crippen LogP contribution in [-0.4, -0.2) is 25.7 Å². The Labute approximate surface area is 118 Å². The van der Waals surface area contributed by atoms with Gasteiger partial charge in [-0.1, -0.05) is 6.07 Å². The van der Waals surface area contributed by atoms with E-state index < -0.39 is 0 Å². The molecular weight excluding hydrogens is 256 g/mol. The summed E-state index contributed by atoms with van der Waals surface area (Å²) in [5, 5.41) is 3.39. The second-order valence-corrected chi connectivity index (χ2v) is 5.34. The smallest absolute Gasteiger partial charge is 0.222 e. The van der Waals surface area contributed by atoms with Gasteiger partial charge in [-0.05, 0) is 37.1 Å². The summed E-state index contributed by atoms with van der Waals surface area (Å²) in [4.78, 5) is 11.6. The van der Waals surface area contributed by atoms with E-state index in [-0.39, 0.29) is 17.9 Å². The van der Waals surface area contributed by atoms with Crippen molar-refractivity contribution in [1.29, 1.82) is 0 Å². The van der Waals surface area contributed by atoms with Gasteiger partial charge in [0.25, 0.3) is 0 Å². The molecule has 108 valence electrons. The molecule has 2 aliphatic heterocycles. The fourth-order valence-corrected chi connectivity index (χ4v) is 2.92. The second-order valence-electron chi connectivity index (χ2n) is 5.34. The van der Waals surface area contributed by atoms with E-state index in [4.69, 9.17) is 15.2 Å². The second kappa shape index (κ2) is 5.71. The number of nitrogens with two attached hydrogens (primary N) is 1. The molecule has 2 heterocycles. The van der Waals surface area contributed by atoms with Gasteiger partial charge in [-0.15, -0.1) is 0 Å². The number of hydrogen-bond acceptors (Lipinski definition) is 4. The van der Waals surface area contributed by atoms with Crippen molar-refractivity contribution in [1.82, 2.24) is 5.32 Å². The Morgan fingerprint density at radius 3 is 2.80 bits per heavy atom. The van der Waals surface area contributed by atoms with E-state index >= 15 is 0 Å².